The van der Waals surface area contributed by atoms with Crippen LogP contribution in [0.1, 0.15) is 47.9 Å². The second-order valence-electron chi connectivity index (χ2n) is 7.52. The lowest BCUT2D eigenvalue weighted by Crippen LogP contribution is -2.37. The highest BCUT2D eigenvalue weighted by molar-refractivity contribution is 7.13. The monoisotopic (exact) mass is 378 g/mol. The summed E-state index contributed by atoms with van der Waals surface area (Å²) < 4.78 is 5.66. The molecule has 0 spiro atoms. The number of thiazole rings is 1. The van der Waals surface area contributed by atoms with Gasteiger partial charge in [0.15, 0.2) is 10.8 Å². The maximum absolute atomic E-state index is 13.2. The summed E-state index contributed by atoms with van der Waals surface area (Å²) in [4.78, 5) is 20.0. The Hall–Kier alpha value is -2.40. The van der Waals surface area contributed by atoms with Crippen LogP contribution in [0.25, 0.3) is 10.8 Å². The molecule has 2 heterocycles. The summed E-state index contributed by atoms with van der Waals surface area (Å²) in [5, 5.41) is 2.83. The Bertz CT molecular complexity index is 986. The molecule has 1 amide bonds. The number of hydrogen-bond donors (Lipinski definition) is 0. The standard InChI is InChI=1S/C22H22N2O2S/c1-14-6-11-20(26-14)22-23-16(13-27-22)12-21(25)24(17-8-9-17)19-10-7-15-4-2-3-5-18(15)19/h2-6,11,13,17,19H,7-10,12H2,1H3. The average molecular weight is 378 g/mol. The van der Waals surface area contributed by atoms with E-state index < -0.39 is 0 Å². The third-order valence-electron chi connectivity index (χ3n) is 5.50. The van der Waals surface area contributed by atoms with E-state index >= 15 is 0 Å². The average Bonchev–Trinajstić information content (AvgIpc) is 3.05. The highest BCUT2D eigenvalue weighted by Crippen LogP contribution is 2.42. The van der Waals surface area contributed by atoms with Crippen molar-refractivity contribution in [3.63, 3.8) is 0 Å². The van der Waals surface area contributed by atoms with Crippen LogP contribution in [0.4, 0.5) is 0 Å². The van der Waals surface area contributed by atoms with E-state index in [1.165, 1.54) is 22.5 Å². The molecule has 2 aromatic heterocycles. The van der Waals surface area contributed by atoms with Gasteiger partial charge in [-0.1, -0.05) is 24.3 Å². The molecule has 4 nitrogen and oxygen atoms in total. The van der Waals surface area contributed by atoms with Gasteiger partial charge in [0.05, 0.1) is 18.2 Å². The number of aromatic nitrogens is 1. The van der Waals surface area contributed by atoms with Gasteiger partial charge in [0.25, 0.3) is 0 Å². The Morgan fingerprint density at radius 1 is 1.22 bits per heavy atom. The number of nitrogens with zero attached hydrogens (tertiary/aromatic N) is 2. The molecular formula is C22H22N2O2S. The van der Waals surface area contributed by atoms with Gasteiger partial charge in [0.1, 0.15) is 5.76 Å². The van der Waals surface area contributed by atoms with Gasteiger partial charge < -0.3 is 9.32 Å². The number of fused-ring (bicyclic) bond motifs is 1. The minimum atomic E-state index is 0.201. The van der Waals surface area contributed by atoms with Crippen molar-refractivity contribution in [2.24, 2.45) is 0 Å². The number of benzene rings is 1. The maximum atomic E-state index is 13.2. The Balaban J connectivity index is 1.36. The fraction of sp³-hybridized carbons (Fsp3) is 0.364. The first-order valence-corrected chi connectivity index (χ1v) is 10.5. The van der Waals surface area contributed by atoms with E-state index in [4.69, 9.17) is 4.42 Å². The summed E-state index contributed by atoms with van der Waals surface area (Å²) in [7, 11) is 0. The molecule has 2 aliphatic rings. The third kappa shape index (κ3) is 3.21. The first-order chi connectivity index (χ1) is 13.2. The van der Waals surface area contributed by atoms with Crippen LogP contribution in [0.2, 0.25) is 0 Å². The Labute approximate surface area is 162 Å². The Morgan fingerprint density at radius 2 is 2.07 bits per heavy atom. The van der Waals surface area contributed by atoms with Crippen molar-refractivity contribution in [3.8, 4) is 10.8 Å². The van der Waals surface area contributed by atoms with Crippen LogP contribution in [0, 0.1) is 6.92 Å². The lowest BCUT2D eigenvalue weighted by molar-refractivity contribution is -0.133. The number of amides is 1. The van der Waals surface area contributed by atoms with Gasteiger partial charge in [-0.3, -0.25) is 4.79 Å². The first kappa shape index (κ1) is 16.8. The Morgan fingerprint density at radius 3 is 2.85 bits per heavy atom. The van der Waals surface area contributed by atoms with Gasteiger partial charge in [-0.2, -0.15) is 0 Å². The molecule has 0 radical (unpaired) electrons. The molecule has 2 aliphatic carbocycles. The molecule has 0 N–H and O–H groups in total. The summed E-state index contributed by atoms with van der Waals surface area (Å²) in [6, 6.07) is 13.1. The van der Waals surface area contributed by atoms with Gasteiger partial charge >= 0.3 is 0 Å². The fourth-order valence-electron chi connectivity index (χ4n) is 4.11. The number of aryl methyl sites for hydroxylation is 2. The molecule has 3 aromatic rings. The molecule has 1 unspecified atom stereocenters. The third-order valence-corrected chi connectivity index (χ3v) is 6.41. The normalized spacial score (nSPS) is 18.5. The zero-order valence-corrected chi connectivity index (χ0v) is 16.2. The molecule has 0 aliphatic heterocycles. The van der Waals surface area contributed by atoms with Crippen molar-refractivity contribution >= 4 is 17.2 Å². The van der Waals surface area contributed by atoms with Crippen molar-refractivity contribution in [1.82, 2.24) is 9.88 Å². The zero-order chi connectivity index (χ0) is 18.4. The van der Waals surface area contributed by atoms with Gasteiger partial charge in [0, 0.05) is 11.4 Å². The van der Waals surface area contributed by atoms with E-state index in [-0.39, 0.29) is 11.9 Å². The molecular weight excluding hydrogens is 356 g/mol. The molecule has 1 fully saturated rings. The van der Waals surface area contributed by atoms with Gasteiger partial charge in [0.2, 0.25) is 5.91 Å². The zero-order valence-electron chi connectivity index (χ0n) is 15.4. The van der Waals surface area contributed by atoms with Crippen LogP contribution in [0.3, 0.4) is 0 Å². The molecule has 1 aromatic carbocycles. The summed E-state index contributed by atoms with van der Waals surface area (Å²) in [5.74, 6) is 1.85. The van der Waals surface area contributed by atoms with Crippen LogP contribution in [0.15, 0.2) is 46.2 Å². The predicted molar refractivity (Wildman–Crippen MR) is 106 cm³/mol. The van der Waals surface area contributed by atoms with Gasteiger partial charge in [-0.25, -0.2) is 4.98 Å². The van der Waals surface area contributed by atoms with Gasteiger partial charge in [-0.05, 0) is 55.9 Å². The second kappa shape index (κ2) is 6.64. The molecule has 27 heavy (non-hydrogen) atoms. The van der Waals surface area contributed by atoms with Crippen molar-refractivity contribution in [2.75, 3.05) is 0 Å². The maximum Gasteiger partial charge on any atom is 0.229 e. The highest BCUT2D eigenvalue weighted by Gasteiger charge is 2.40. The van der Waals surface area contributed by atoms with Crippen LogP contribution in [-0.4, -0.2) is 21.8 Å². The molecule has 1 atom stereocenters. The van der Waals surface area contributed by atoms with E-state index in [1.54, 1.807) is 0 Å². The Kier molecular flexibility index (Phi) is 4.12. The fourth-order valence-corrected chi connectivity index (χ4v) is 4.88. The van der Waals surface area contributed by atoms with Crippen LogP contribution in [-0.2, 0) is 17.6 Å². The van der Waals surface area contributed by atoms with E-state index in [0.29, 0.717) is 12.5 Å². The molecule has 5 heteroatoms. The van der Waals surface area contributed by atoms with E-state index in [9.17, 15) is 4.79 Å². The largest absolute Gasteiger partial charge is 0.459 e. The minimum Gasteiger partial charge on any atom is -0.459 e. The van der Waals surface area contributed by atoms with Crippen molar-refractivity contribution in [3.05, 3.63) is 64.4 Å². The smallest absolute Gasteiger partial charge is 0.229 e. The highest BCUT2D eigenvalue weighted by atomic mass is 32.1. The number of rotatable bonds is 5. The quantitative estimate of drug-likeness (QED) is 0.632. The van der Waals surface area contributed by atoms with Crippen LogP contribution in [0.5, 0.6) is 0 Å². The molecule has 138 valence electrons. The summed E-state index contributed by atoms with van der Waals surface area (Å²) in [5.41, 5.74) is 3.57. The van der Waals surface area contributed by atoms with E-state index in [0.717, 1.165) is 47.9 Å². The minimum absolute atomic E-state index is 0.201. The van der Waals surface area contributed by atoms with Crippen molar-refractivity contribution in [2.45, 2.75) is 51.1 Å². The number of hydrogen-bond acceptors (Lipinski definition) is 4. The first-order valence-electron chi connectivity index (χ1n) is 9.59. The molecule has 5 rings (SSSR count). The summed E-state index contributed by atoms with van der Waals surface area (Å²) >= 11 is 1.54. The predicted octanol–water partition coefficient (Wildman–Crippen LogP) is 4.93. The lowest BCUT2D eigenvalue weighted by Gasteiger charge is -2.30. The lowest BCUT2D eigenvalue weighted by atomic mass is 10.1. The second-order valence-corrected chi connectivity index (χ2v) is 8.37. The summed E-state index contributed by atoms with van der Waals surface area (Å²) in [6.45, 7) is 1.93. The van der Waals surface area contributed by atoms with Crippen LogP contribution >= 0.6 is 11.3 Å². The number of carbonyl (C=O) groups excluding carboxylic acids is 1. The van der Waals surface area contributed by atoms with E-state index in [1.807, 2.05) is 24.4 Å². The summed E-state index contributed by atoms with van der Waals surface area (Å²) in [6.07, 6.45) is 4.72. The van der Waals surface area contributed by atoms with Crippen molar-refractivity contribution in [1.29, 1.82) is 0 Å². The number of carbonyl (C=O) groups is 1. The van der Waals surface area contributed by atoms with E-state index in [2.05, 4.69) is 34.1 Å². The molecule has 1 saturated carbocycles. The van der Waals surface area contributed by atoms with Crippen molar-refractivity contribution < 1.29 is 9.21 Å². The number of furan rings is 1. The van der Waals surface area contributed by atoms with Crippen LogP contribution < -0.4 is 0 Å². The topological polar surface area (TPSA) is 46.3 Å². The SMILES string of the molecule is Cc1ccc(-c2nc(CC(=O)N(C3CC3)C3CCc4ccccc43)cs2)o1. The molecule has 0 saturated heterocycles. The molecule has 0 bridgehead atoms. The van der Waals surface area contributed by atoms with Gasteiger partial charge in [-0.15, -0.1) is 11.3 Å².